The van der Waals surface area contributed by atoms with Gasteiger partial charge in [-0.2, -0.15) is 0 Å². The predicted octanol–water partition coefficient (Wildman–Crippen LogP) is 2.35. The quantitative estimate of drug-likeness (QED) is 0.661. The molecule has 8 heteroatoms. The molecule has 0 unspecified atom stereocenters. The average Bonchev–Trinajstić information content (AvgIpc) is 2.87. The smallest absolute Gasteiger partial charge is 0.345 e. The SMILES string of the molecule is CNc1ccccc1C(=O)Nc1ncc([N+](=O)[O-])s1. The maximum absolute atomic E-state index is 12.0. The summed E-state index contributed by atoms with van der Waals surface area (Å²) < 4.78 is 0. The van der Waals surface area contributed by atoms with Crippen LogP contribution in [0.4, 0.5) is 15.8 Å². The maximum Gasteiger partial charge on any atom is 0.345 e. The van der Waals surface area contributed by atoms with Crippen molar-refractivity contribution < 1.29 is 9.72 Å². The molecule has 2 rings (SSSR count). The Bertz CT molecular complexity index is 626. The molecule has 1 aromatic heterocycles. The molecule has 19 heavy (non-hydrogen) atoms. The van der Waals surface area contributed by atoms with Gasteiger partial charge in [0.2, 0.25) is 0 Å². The van der Waals surface area contributed by atoms with Crippen molar-refractivity contribution in [3.63, 3.8) is 0 Å². The number of benzene rings is 1. The zero-order valence-electron chi connectivity index (χ0n) is 9.91. The van der Waals surface area contributed by atoms with Crippen LogP contribution in [0, 0.1) is 10.1 Å². The summed E-state index contributed by atoms with van der Waals surface area (Å²) in [6.45, 7) is 0. The third kappa shape index (κ3) is 2.86. The van der Waals surface area contributed by atoms with E-state index in [1.54, 1.807) is 31.3 Å². The predicted molar refractivity (Wildman–Crippen MR) is 72.7 cm³/mol. The Hall–Kier alpha value is -2.48. The summed E-state index contributed by atoms with van der Waals surface area (Å²) in [5.74, 6) is -0.366. The fraction of sp³-hybridized carbons (Fsp3) is 0.0909. The second-order valence-electron chi connectivity index (χ2n) is 3.51. The summed E-state index contributed by atoms with van der Waals surface area (Å²) in [5.41, 5.74) is 1.12. The van der Waals surface area contributed by atoms with Gasteiger partial charge in [0.25, 0.3) is 5.91 Å². The number of hydrogen-bond donors (Lipinski definition) is 2. The molecule has 0 atom stereocenters. The molecule has 1 amide bonds. The molecule has 98 valence electrons. The van der Waals surface area contributed by atoms with Crippen LogP contribution in [0.3, 0.4) is 0 Å². The number of hydrogen-bond acceptors (Lipinski definition) is 6. The van der Waals surface area contributed by atoms with Crippen molar-refractivity contribution in [2.45, 2.75) is 0 Å². The number of amides is 1. The monoisotopic (exact) mass is 278 g/mol. The summed E-state index contributed by atoms with van der Waals surface area (Å²) in [5, 5.41) is 16.0. The van der Waals surface area contributed by atoms with Crippen LogP contribution < -0.4 is 10.6 Å². The molecular formula is C11H10N4O3S. The van der Waals surface area contributed by atoms with E-state index in [1.807, 2.05) is 0 Å². The lowest BCUT2D eigenvalue weighted by Gasteiger charge is -2.07. The fourth-order valence-electron chi connectivity index (χ4n) is 1.47. The first-order valence-corrected chi connectivity index (χ1v) is 6.12. The number of carbonyl (C=O) groups excluding carboxylic acids is 1. The lowest BCUT2D eigenvalue weighted by Crippen LogP contribution is -2.13. The molecule has 0 saturated carbocycles. The molecule has 0 aliphatic carbocycles. The highest BCUT2D eigenvalue weighted by atomic mass is 32.1. The van der Waals surface area contributed by atoms with E-state index in [2.05, 4.69) is 15.6 Å². The van der Waals surface area contributed by atoms with Crippen molar-refractivity contribution in [2.24, 2.45) is 0 Å². The van der Waals surface area contributed by atoms with Crippen molar-refractivity contribution in [1.82, 2.24) is 4.98 Å². The van der Waals surface area contributed by atoms with E-state index in [1.165, 1.54) is 0 Å². The van der Waals surface area contributed by atoms with Gasteiger partial charge >= 0.3 is 5.00 Å². The first kappa shape index (κ1) is 13.0. The number of anilines is 2. The number of para-hydroxylation sites is 1. The molecule has 0 bridgehead atoms. The Morgan fingerprint density at radius 1 is 1.42 bits per heavy atom. The zero-order chi connectivity index (χ0) is 13.8. The minimum absolute atomic E-state index is 0.114. The summed E-state index contributed by atoms with van der Waals surface area (Å²) in [4.78, 5) is 25.8. The van der Waals surface area contributed by atoms with E-state index in [0.717, 1.165) is 17.5 Å². The van der Waals surface area contributed by atoms with Crippen molar-refractivity contribution in [3.05, 3.63) is 46.1 Å². The number of nitrogens with zero attached hydrogens (tertiary/aromatic N) is 2. The van der Waals surface area contributed by atoms with Gasteiger partial charge in [0.15, 0.2) is 5.13 Å². The van der Waals surface area contributed by atoms with Gasteiger partial charge in [0.05, 0.1) is 10.5 Å². The van der Waals surface area contributed by atoms with Gasteiger partial charge in [0.1, 0.15) is 6.20 Å². The number of nitrogens with one attached hydrogen (secondary N) is 2. The minimum atomic E-state index is -0.547. The Kier molecular flexibility index (Phi) is 3.71. The van der Waals surface area contributed by atoms with Crippen LogP contribution in [-0.2, 0) is 0 Å². The van der Waals surface area contributed by atoms with Gasteiger partial charge in [-0.1, -0.05) is 12.1 Å². The standard InChI is InChI=1S/C11H10N4O3S/c1-12-8-5-3-2-4-7(8)10(16)14-11-13-6-9(19-11)15(17)18/h2-6,12H,1H3,(H,13,14,16). The molecule has 2 N–H and O–H groups in total. The van der Waals surface area contributed by atoms with Crippen LogP contribution in [0.15, 0.2) is 30.5 Å². The highest BCUT2D eigenvalue weighted by Crippen LogP contribution is 2.26. The molecule has 1 heterocycles. The molecule has 0 aliphatic rings. The van der Waals surface area contributed by atoms with Gasteiger partial charge in [0, 0.05) is 12.7 Å². The van der Waals surface area contributed by atoms with Gasteiger partial charge in [-0.15, -0.1) is 0 Å². The van der Waals surface area contributed by atoms with E-state index in [9.17, 15) is 14.9 Å². The van der Waals surface area contributed by atoms with Gasteiger partial charge in [-0.3, -0.25) is 20.2 Å². The third-order valence-electron chi connectivity index (χ3n) is 2.33. The van der Waals surface area contributed by atoms with E-state index in [-0.39, 0.29) is 16.0 Å². The average molecular weight is 278 g/mol. The lowest BCUT2D eigenvalue weighted by atomic mass is 10.1. The second kappa shape index (κ2) is 5.44. The van der Waals surface area contributed by atoms with Crippen molar-refractivity contribution in [1.29, 1.82) is 0 Å². The lowest BCUT2D eigenvalue weighted by molar-refractivity contribution is -0.380. The summed E-state index contributed by atoms with van der Waals surface area (Å²) >= 11 is 0.815. The molecule has 0 aliphatic heterocycles. The van der Waals surface area contributed by atoms with Crippen LogP contribution in [-0.4, -0.2) is 22.9 Å². The Balaban J connectivity index is 2.18. The normalized spacial score (nSPS) is 9.95. The van der Waals surface area contributed by atoms with E-state index in [4.69, 9.17) is 0 Å². The van der Waals surface area contributed by atoms with Crippen LogP contribution in [0.25, 0.3) is 0 Å². The van der Waals surface area contributed by atoms with Crippen molar-refractivity contribution >= 4 is 33.1 Å². The molecule has 2 aromatic rings. The van der Waals surface area contributed by atoms with Crippen molar-refractivity contribution in [3.8, 4) is 0 Å². The fourth-order valence-corrected chi connectivity index (χ4v) is 2.10. The van der Waals surface area contributed by atoms with Crippen molar-refractivity contribution in [2.75, 3.05) is 17.7 Å². The van der Waals surface area contributed by atoms with E-state index in [0.29, 0.717) is 11.3 Å². The zero-order valence-corrected chi connectivity index (χ0v) is 10.7. The Labute approximate surface area is 112 Å². The first-order chi connectivity index (χ1) is 9.11. The number of nitro groups is 1. The van der Waals surface area contributed by atoms with Crippen LogP contribution in [0.1, 0.15) is 10.4 Å². The number of aromatic nitrogens is 1. The number of rotatable bonds is 4. The number of thiazole rings is 1. The van der Waals surface area contributed by atoms with Crippen LogP contribution in [0.5, 0.6) is 0 Å². The minimum Gasteiger partial charge on any atom is -0.387 e. The Morgan fingerprint density at radius 3 is 2.79 bits per heavy atom. The summed E-state index contributed by atoms with van der Waals surface area (Å²) in [6.07, 6.45) is 1.12. The molecule has 0 radical (unpaired) electrons. The van der Waals surface area contributed by atoms with E-state index >= 15 is 0 Å². The van der Waals surface area contributed by atoms with Gasteiger partial charge < -0.3 is 5.32 Å². The van der Waals surface area contributed by atoms with Crippen LogP contribution in [0.2, 0.25) is 0 Å². The summed E-state index contributed by atoms with van der Waals surface area (Å²) in [6, 6.07) is 6.96. The molecule has 1 aromatic carbocycles. The highest BCUT2D eigenvalue weighted by Gasteiger charge is 2.15. The van der Waals surface area contributed by atoms with Gasteiger partial charge in [-0.05, 0) is 23.5 Å². The summed E-state index contributed by atoms with van der Waals surface area (Å²) in [7, 11) is 1.71. The molecular weight excluding hydrogens is 268 g/mol. The largest absolute Gasteiger partial charge is 0.387 e. The molecule has 0 spiro atoms. The third-order valence-corrected chi connectivity index (χ3v) is 3.20. The topological polar surface area (TPSA) is 97.2 Å². The Morgan fingerprint density at radius 2 is 2.16 bits per heavy atom. The number of carbonyl (C=O) groups is 1. The molecule has 7 nitrogen and oxygen atoms in total. The molecule has 0 saturated heterocycles. The molecule has 0 fully saturated rings. The van der Waals surface area contributed by atoms with E-state index < -0.39 is 4.92 Å². The van der Waals surface area contributed by atoms with Crippen LogP contribution >= 0.6 is 11.3 Å². The maximum atomic E-state index is 12.0. The van der Waals surface area contributed by atoms with Gasteiger partial charge in [-0.25, -0.2) is 4.98 Å². The first-order valence-electron chi connectivity index (χ1n) is 5.30. The highest BCUT2D eigenvalue weighted by molar-refractivity contribution is 7.18. The second-order valence-corrected chi connectivity index (χ2v) is 4.52.